The molecule has 1 aliphatic rings. The van der Waals surface area contributed by atoms with Crippen LogP contribution < -0.4 is 15.9 Å². The number of hydrogen-bond donors (Lipinski definition) is 6. The Morgan fingerprint density at radius 3 is 2.79 bits per heavy atom. The summed E-state index contributed by atoms with van der Waals surface area (Å²) in [6, 6.07) is 0. The lowest BCUT2D eigenvalue weighted by Gasteiger charge is -2.12. The van der Waals surface area contributed by atoms with Crippen LogP contribution >= 0.6 is 11.6 Å². The Hall–Kier alpha value is -1.76. The number of ether oxygens (including phenoxy) is 1. The molecule has 0 radical (unpaired) electrons. The highest BCUT2D eigenvalue weighted by Crippen LogP contribution is 2.26. The first-order valence-electron chi connectivity index (χ1n) is 7.07. The summed E-state index contributed by atoms with van der Waals surface area (Å²) in [7, 11) is 0. The minimum atomic E-state index is -1.39. The fraction of sp³-hybridized carbons (Fsp3) is 0.583. The van der Waals surface area contributed by atoms with Gasteiger partial charge in [-0.15, -0.1) is 11.6 Å². The standard InChI is InChI=1S/C12H16ClN5O6/c13-1-5(20)17-3-18(9-6(17)10(23)16-12(14)15-9)11-8(22)7(21)4(2-19)24-11/h3-5,7-8,11,19-22H,1-2H2,(H2-,14,15,16,23)/p+1/t4-,5?,7-,8-,11?/m0/s1. The zero-order chi connectivity index (χ0) is 17.6. The summed E-state index contributed by atoms with van der Waals surface area (Å²) >= 11 is 5.65. The number of aliphatic hydroxyl groups excluding tert-OH is 4. The number of fused-ring (bicyclic) bond motifs is 1. The summed E-state index contributed by atoms with van der Waals surface area (Å²) in [5.74, 6) is -0.380. The molecule has 0 aromatic carbocycles. The maximum atomic E-state index is 12.2. The molecular weight excluding hydrogens is 346 g/mol. The summed E-state index contributed by atoms with van der Waals surface area (Å²) < 4.78 is 7.83. The average Bonchev–Trinajstić information content (AvgIpc) is 3.06. The van der Waals surface area contributed by atoms with Gasteiger partial charge < -0.3 is 30.9 Å². The zero-order valence-corrected chi connectivity index (χ0v) is 13.0. The second kappa shape index (κ2) is 6.27. The van der Waals surface area contributed by atoms with E-state index in [-0.39, 0.29) is 23.0 Å². The van der Waals surface area contributed by atoms with E-state index in [1.54, 1.807) is 0 Å². The lowest BCUT2D eigenvalue weighted by atomic mass is 10.1. The van der Waals surface area contributed by atoms with Crippen molar-refractivity contribution in [1.29, 1.82) is 0 Å². The van der Waals surface area contributed by atoms with Crippen molar-refractivity contribution in [2.45, 2.75) is 30.8 Å². The number of nitrogens with zero attached hydrogens (tertiary/aromatic N) is 3. The Morgan fingerprint density at radius 2 is 2.21 bits per heavy atom. The number of aromatic amines is 1. The number of halogens is 1. The molecule has 3 rings (SSSR count). The predicted octanol–water partition coefficient (Wildman–Crippen LogP) is -3.06. The van der Waals surface area contributed by atoms with Crippen molar-refractivity contribution in [2.24, 2.45) is 0 Å². The van der Waals surface area contributed by atoms with Gasteiger partial charge in [-0.3, -0.25) is 9.78 Å². The van der Waals surface area contributed by atoms with Crippen LogP contribution in [0.3, 0.4) is 0 Å². The van der Waals surface area contributed by atoms with E-state index in [0.29, 0.717) is 0 Å². The third-order valence-corrected chi connectivity index (χ3v) is 4.17. The summed E-state index contributed by atoms with van der Waals surface area (Å²) in [5, 5.41) is 39.3. The Labute approximate surface area is 139 Å². The molecule has 132 valence electrons. The van der Waals surface area contributed by atoms with E-state index >= 15 is 0 Å². The van der Waals surface area contributed by atoms with E-state index in [1.807, 2.05) is 0 Å². The maximum Gasteiger partial charge on any atom is 0.313 e. The Kier molecular flexibility index (Phi) is 4.46. The molecule has 0 aliphatic carbocycles. The number of rotatable bonds is 4. The number of nitrogen functional groups attached to an aromatic ring is 1. The van der Waals surface area contributed by atoms with Gasteiger partial charge in [0.2, 0.25) is 11.7 Å². The predicted molar refractivity (Wildman–Crippen MR) is 79.9 cm³/mol. The van der Waals surface area contributed by atoms with E-state index in [0.717, 1.165) is 4.57 Å². The molecule has 0 amide bonds. The van der Waals surface area contributed by atoms with E-state index in [4.69, 9.17) is 22.1 Å². The number of anilines is 1. The van der Waals surface area contributed by atoms with Crippen LogP contribution in [0.25, 0.3) is 11.2 Å². The molecular formula is C12H17ClN5O6+. The average molecular weight is 363 g/mol. The molecule has 2 aromatic heterocycles. The van der Waals surface area contributed by atoms with Crippen LogP contribution in [0.2, 0.25) is 0 Å². The molecule has 3 heterocycles. The highest BCUT2D eigenvalue weighted by atomic mass is 35.5. The first-order chi connectivity index (χ1) is 11.4. The monoisotopic (exact) mass is 362 g/mol. The summed E-state index contributed by atoms with van der Waals surface area (Å²) in [4.78, 5) is 18.5. The van der Waals surface area contributed by atoms with Gasteiger partial charge in [-0.25, -0.2) is 9.13 Å². The number of aliphatic hydroxyl groups is 4. The Bertz CT molecular complexity index is 809. The smallest absolute Gasteiger partial charge is 0.313 e. The second-order valence-electron chi connectivity index (χ2n) is 5.42. The molecule has 0 bridgehead atoms. The van der Waals surface area contributed by atoms with Crippen molar-refractivity contribution >= 4 is 28.7 Å². The van der Waals surface area contributed by atoms with Gasteiger partial charge in [-0.05, 0) is 0 Å². The highest BCUT2D eigenvalue weighted by Gasteiger charge is 2.47. The lowest BCUT2D eigenvalue weighted by Crippen LogP contribution is -2.46. The van der Waals surface area contributed by atoms with E-state index in [2.05, 4.69) is 9.97 Å². The lowest BCUT2D eigenvalue weighted by molar-refractivity contribution is -0.746. The molecule has 12 heteroatoms. The van der Waals surface area contributed by atoms with Crippen molar-refractivity contribution in [2.75, 3.05) is 18.2 Å². The van der Waals surface area contributed by atoms with Gasteiger partial charge in [0.25, 0.3) is 11.5 Å². The molecule has 7 N–H and O–H groups in total. The van der Waals surface area contributed by atoms with Crippen LogP contribution in [-0.2, 0) is 4.74 Å². The molecule has 1 fully saturated rings. The summed E-state index contributed by atoms with van der Waals surface area (Å²) in [5.41, 5.74) is 4.93. The third kappa shape index (κ3) is 2.55. The van der Waals surface area contributed by atoms with Crippen LogP contribution in [0.5, 0.6) is 0 Å². The van der Waals surface area contributed by atoms with Gasteiger partial charge in [0.1, 0.15) is 18.3 Å². The highest BCUT2D eigenvalue weighted by molar-refractivity contribution is 6.18. The molecule has 5 atom stereocenters. The minimum absolute atomic E-state index is 0.0234. The number of H-pyrrole nitrogens is 1. The normalized spacial score (nSPS) is 28.5. The van der Waals surface area contributed by atoms with Gasteiger partial charge in [-0.2, -0.15) is 0 Å². The first kappa shape index (κ1) is 17.1. The van der Waals surface area contributed by atoms with Crippen LogP contribution in [0.4, 0.5) is 5.95 Å². The molecule has 0 spiro atoms. The second-order valence-corrected chi connectivity index (χ2v) is 5.73. The van der Waals surface area contributed by atoms with Gasteiger partial charge in [0.15, 0.2) is 12.6 Å². The molecule has 24 heavy (non-hydrogen) atoms. The Balaban J connectivity index is 2.20. The van der Waals surface area contributed by atoms with Crippen molar-refractivity contribution < 1.29 is 29.7 Å². The summed E-state index contributed by atoms with van der Waals surface area (Å²) in [6.45, 7) is -0.506. The first-order valence-corrected chi connectivity index (χ1v) is 7.60. The number of nitrogens with two attached hydrogens (primary N) is 1. The molecule has 2 aromatic rings. The van der Waals surface area contributed by atoms with Crippen LogP contribution in [-0.4, -0.2) is 65.8 Å². The van der Waals surface area contributed by atoms with E-state index in [1.165, 1.54) is 10.9 Å². The van der Waals surface area contributed by atoms with E-state index < -0.39 is 42.9 Å². The number of nitrogens with one attached hydrogen (secondary N) is 1. The van der Waals surface area contributed by atoms with Gasteiger partial charge >= 0.3 is 5.65 Å². The Morgan fingerprint density at radius 1 is 1.50 bits per heavy atom. The topological polar surface area (TPSA) is 171 Å². The molecule has 1 aliphatic heterocycles. The zero-order valence-electron chi connectivity index (χ0n) is 12.3. The number of alkyl halides is 1. The molecule has 2 unspecified atom stereocenters. The fourth-order valence-electron chi connectivity index (χ4n) is 2.73. The van der Waals surface area contributed by atoms with Crippen molar-refractivity contribution in [1.82, 2.24) is 14.5 Å². The minimum Gasteiger partial charge on any atom is -0.394 e. The number of hydrogen-bond acceptors (Lipinski definition) is 8. The largest absolute Gasteiger partial charge is 0.394 e. The van der Waals surface area contributed by atoms with Gasteiger partial charge in [0, 0.05) is 0 Å². The van der Waals surface area contributed by atoms with Crippen LogP contribution in [0, 0.1) is 0 Å². The van der Waals surface area contributed by atoms with Gasteiger partial charge in [0.05, 0.1) is 12.5 Å². The SMILES string of the molecule is Nc1nc2c(c(=O)[nH]1)n(C(O)CCl)c[n+]2C1O[C@@H](CO)[C@H](O)[C@@H]1O. The maximum absolute atomic E-state index is 12.2. The van der Waals surface area contributed by atoms with Crippen LogP contribution in [0.1, 0.15) is 12.5 Å². The quantitative estimate of drug-likeness (QED) is 0.246. The number of imidazole rings is 1. The summed E-state index contributed by atoms with van der Waals surface area (Å²) in [6.07, 6.45) is -4.83. The van der Waals surface area contributed by atoms with Gasteiger partial charge in [-0.1, -0.05) is 4.98 Å². The number of aromatic nitrogens is 4. The van der Waals surface area contributed by atoms with Crippen molar-refractivity contribution in [3.8, 4) is 0 Å². The third-order valence-electron chi connectivity index (χ3n) is 3.90. The van der Waals surface area contributed by atoms with Crippen LogP contribution in [0.15, 0.2) is 11.1 Å². The molecule has 11 nitrogen and oxygen atoms in total. The van der Waals surface area contributed by atoms with Crippen molar-refractivity contribution in [3.63, 3.8) is 0 Å². The fourth-order valence-corrected chi connectivity index (χ4v) is 2.88. The molecule has 1 saturated heterocycles. The van der Waals surface area contributed by atoms with Crippen molar-refractivity contribution in [3.05, 3.63) is 16.7 Å². The van der Waals surface area contributed by atoms with E-state index in [9.17, 15) is 25.2 Å². The molecule has 0 saturated carbocycles.